The lowest BCUT2D eigenvalue weighted by molar-refractivity contribution is -0.114. The van der Waals surface area contributed by atoms with E-state index in [1.807, 2.05) is 79.7 Å². The Labute approximate surface area is 230 Å². The zero-order valence-electron chi connectivity index (χ0n) is 21.8. The van der Waals surface area contributed by atoms with Crippen LogP contribution in [0.3, 0.4) is 0 Å². The van der Waals surface area contributed by atoms with Gasteiger partial charge in [0.1, 0.15) is 0 Å². The second-order valence-corrected chi connectivity index (χ2v) is 10.6. The van der Waals surface area contributed by atoms with Crippen LogP contribution in [0.4, 0.5) is 10.7 Å². The maximum atomic E-state index is 13.9. The minimum absolute atomic E-state index is 0.0903. The molecule has 3 aromatic carbocycles. The van der Waals surface area contributed by atoms with Crippen molar-refractivity contribution in [1.29, 1.82) is 0 Å². The third-order valence-corrected chi connectivity index (χ3v) is 8.07. The summed E-state index contributed by atoms with van der Waals surface area (Å²) in [6.07, 6.45) is 0. The Hall–Kier alpha value is -4.27. The first-order chi connectivity index (χ1) is 19.0. The summed E-state index contributed by atoms with van der Waals surface area (Å²) in [4.78, 5) is 33.7. The lowest BCUT2D eigenvalue weighted by Crippen LogP contribution is -2.35. The molecule has 1 saturated heterocycles. The number of aromatic nitrogens is 2. The number of morpholine rings is 1. The molecule has 196 valence electrons. The molecule has 1 fully saturated rings. The fraction of sp³-hybridized carbons (Fsp3) is 0.194. The van der Waals surface area contributed by atoms with Gasteiger partial charge in [-0.3, -0.25) is 14.2 Å². The Kier molecular flexibility index (Phi) is 6.72. The fourth-order valence-corrected chi connectivity index (χ4v) is 6.18. The molecule has 1 N–H and O–H groups in total. The number of fused-ring (bicyclic) bond motifs is 1. The highest BCUT2D eigenvalue weighted by Gasteiger charge is 2.23. The first-order valence-corrected chi connectivity index (χ1v) is 13.7. The van der Waals surface area contributed by atoms with Gasteiger partial charge < -0.3 is 15.0 Å². The molecular weight excluding hydrogens is 508 g/mol. The molecule has 8 heteroatoms. The van der Waals surface area contributed by atoms with E-state index in [0.717, 1.165) is 51.0 Å². The van der Waals surface area contributed by atoms with Gasteiger partial charge in [-0.2, -0.15) is 0 Å². The van der Waals surface area contributed by atoms with Crippen molar-refractivity contribution in [2.75, 3.05) is 36.5 Å². The SMILES string of the molecule is CC(=O)Nc1ccc(-c2cc(-c3nc4ccccc4c(=O)n3-c3ccccc3C)sc2N2CCOCC2)cc1. The maximum absolute atomic E-state index is 13.9. The van der Waals surface area contributed by atoms with Crippen LogP contribution in [-0.2, 0) is 9.53 Å². The number of thiophene rings is 1. The van der Waals surface area contributed by atoms with Gasteiger partial charge in [0.05, 0.1) is 39.7 Å². The maximum Gasteiger partial charge on any atom is 0.266 e. The summed E-state index contributed by atoms with van der Waals surface area (Å²) in [6.45, 7) is 6.41. The molecule has 2 aromatic heterocycles. The van der Waals surface area contributed by atoms with E-state index in [2.05, 4.69) is 16.3 Å². The lowest BCUT2D eigenvalue weighted by atomic mass is 10.1. The molecule has 0 radical (unpaired) electrons. The largest absolute Gasteiger partial charge is 0.378 e. The third kappa shape index (κ3) is 4.84. The Morgan fingerprint density at radius 2 is 1.69 bits per heavy atom. The highest BCUT2D eigenvalue weighted by atomic mass is 32.1. The van der Waals surface area contributed by atoms with Crippen molar-refractivity contribution in [3.63, 3.8) is 0 Å². The van der Waals surface area contributed by atoms with Crippen LogP contribution in [0, 0.1) is 6.92 Å². The number of hydrogen-bond acceptors (Lipinski definition) is 6. The van der Waals surface area contributed by atoms with Crippen LogP contribution in [0.2, 0.25) is 0 Å². The average Bonchev–Trinajstić information content (AvgIpc) is 3.40. The van der Waals surface area contributed by atoms with Crippen molar-refractivity contribution in [2.45, 2.75) is 13.8 Å². The second-order valence-electron chi connectivity index (χ2n) is 9.57. The molecule has 39 heavy (non-hydrogen) atoms. The van der Waals surface area contributed by atoms with Crippen LogP contribution in [-0.4, -0.2) is 41.8 Å². The number of benzene rings is 3. The predicted octanol–water partition coefficient (Wildman–Crippen LogP) is 5.88. The van der Waals surface area contributed by atoms with Crippen molar-refractivity contribution in [2.24, 2.45) is 0 Å². The number of nitrogens with zero attached hydrogens (tertiary/aromatic N) is 3. The van der Waals surface area contributed by atoms with E-state index < -0.39 is 0 Å². The minimum atomic E-state index is -0.105. The summed E-state index contributed by atoms with van der Waals surface area (Å²) in [5.41, 5.74) is 5.23. The molecule has 3 heterocycles. The molecule has 6 rings (SSSR count). The van der Waals surface area contributed by atoms with Crippen LogP contribution < -0.4 is 15.8 Å². The van der Waals surface area contributed by atoms with Crippen LogP contribution in [0.15, 0.2) is 83.7 Å². The Morgan fingerprint density at radius 3 is 2.44 bits per heavy atom. The van der Waals surface area contributed by atoms with Gasteiger partial charge in [-0.05, 0) is 54.4 Å². The van der Waals surface area contributed by atoms with Crippen molar-refractivity contribution in [3.05, 3.63) is 94.8 Å². The summed E-state index contributed by atoms with van der Waals surface area (Å²) in [5, 5.41) is 4.53. The Bertz CT molecular complexity index is 1730. The number of carbonyl (C=O) groups excluding carboxylic acids is 1. The van der Waals surface area contributed by atoms with Crippen molar-refractivity contribution >= 4 is 38.8 Å². The van der Waals surface area contributed by atoms with E-state index in [-0.39, 0.29) is 11.5 Å². The van der Waals surface area contributed by atoms with E-state index in [1.54, 1.807) is 15.9 Å². The Balaban J connectivity index is 1.57. The number of para-hydroxylation sites is 2. The number of ether oxygens (including phenoxy) is 1. The van der Waals surface area contributed by atoms with Crippen LogP contribution in [0.1, 0.15) is 12.5 Å². The molecule has 0 bridgehead atoms. The number of anilines is 2. The van der Waals surface area contributed by atoms with E-state index in [9.17, 15) is 9.59 Å². The monoisotopic (exact) mass is 536 g/mol. The van der Waals surface area contributed by atoms with Gasteiger partial charge in [-0.25, -0.2) is 4.98 Å². The van der Waals surface area contributed by atoms with Gasteiger partial charge in [0, 0.05) is 31.3 Å². The summed E-state index contributed by atoms with van der Waals surface area (Å²) >= 11 is 1.64. The molecule has 0 atom stereocenters. The quantitative estimate of drug-likeness (QED) is 0.303. The highest BCUT2D eigenvalue weighted by molar-refractivity contribution is 7.20. The van der Waals surface area contributed by atoms with Gasteiger partial charge in [0.25, 0.3) is 5.56 Å². The van der Waals surface area contributed by atoms with Crippen LogP contribution >= 0.6 is 11.3 Å². The van der Waals surface area contributed by atoms with Gasteiger partial charge in [0.15, 0.2) is 5.82 Å². The molecule has 0 unspecified atom stereocenters. The zero-order valence-corrected chi connectivity index (χ0v) is 22.6. The third-order valence-electron chi connectivity index (χ3n) is 6.88. The lowest BCUT2D eigenvalue weighted by Gasteiger charge is -2.28. The minimum Gasteiger partial charge on any atom is -0.378 e. The number of aryl methyl sites for hydroxylation is 1. The number of nitrogens with one attached hydrogen (secondary N) is 1. The number of carbonyl (C=O) groups is 1. The fourth-order valence-electron chi connectivity index (χ4n) is 4.97. The molecule has 5 aromatic rings. The van der Waals surface area contributed by atoms with E-state index in [4.69, 9.17) is 9.72 Å². The van der Waals surface area contributed by atoms with E-state index >= 15 is 0 Å². The normalized spacial score (nSPS) is 13.5. The standard InChI is InChI=1S/C31H28N4O3S/c1-20-7-3-6-10-27(20)35-29(33-26-9-5-4-8-24(26)30(35)37)28-19-25(31(39-28)34-15-17-38-18-16-34)22-11-13-23(14-12-22)32-21(2)36/h3-14,19H,15-18H2,1-2H3,(H,32,36). The van der Waals surface area contributed by atoms with Gasteiger partial charge in [0.2, 0.25) is 5.91 Å². The molecule has 1 aliphatic rings. The van der Waals surface area contributed by atoms with Crippen molar-refractivity contribution < 1.29 is 9.53 Å². The van der Waals surface area contributed by atoms with Gasteiger partial charge in [-0.1, -0.05) is 42.5 Å². The first-order valence-electron chi connectivity index (χ1n) is 12.9. The average molecular weight is 537 g/mol. The van der Waals surface area contributed by atoms with Crippen LogP contribution in [0.5, 0.6) is 0 Å². The molecule has 0 spiro atoms. The summed E-state index contributed by atoms with van der Waals surface area (Å²) in [5.74, 6) is 0.514. The van der Waals surface area contributed by atoms with E-state index in [1.165, 1.54) is 6.92 Å². The Morgan fingerprint density at radius 1 is 0.974 bits per heavy atom. The van der Waals surface area contributed by atoms with Gasteiger partial charge >= 0.3 is 0 Å². The topological polar surface area (TPSA) is 76.5 Å². The highest BCUT2D eigenvalue weighted by Crippen LogP contribution is 2.44. The molecule has 7 nitrogen and oxygen atoms in total. The molecule has 1 aliphatic heterocycles. The van der Waals surface area contributed by atoms with Crippen LogP contribution in [0.25, 0.3) is 38.4 Å². The predicted molar refractivity (Wildman–Crippen MR) is 158 cm³/mol. The molecule has 1 amide bonds. The van der Waals surface area contributed by atoms with Crippen molar-refractivity contribution in [3.8, 4) is 27.5 Å². The zero-order chi connectivity index (χ0) is 26.9. The summed E-state index contributed by atoms with van der Waals surface area (Å²) in [6, 6.07) is 25.4. The summed E-state index contributed by atoms with van der Waals surface area (Å²) < 4.78 is 7.38. The number of hydrogen-bond donors (Lipinski definition) is 1. The number of rotatable bonds is 5. The first kappa shape index (κ1) is 25.0. The molecular formula is C31H28N4O3S. The molecule has 0 saturated carbocycles. The van der Waals surface area contributed by atoms with Crippen molar-refractivity contribution in [1.82, 2.24) is 9.55 Å². The summed E-state index contributed by atoms with van der Waals surface area (Å²) in [7, 11) is 0. The molecule has 0 aliphatic carbocycles. The van der Waals surface area contributed by atoms with Gasteiger partial charge in [-0.15, -0.1) is 11.3 Å². The smallest absolute Gasteiger partial charge is 0.266 e. The van der Waals surface area contributed by atoms with E-state index in [0.29, 0.717) is 29.9 Å². The number of amides is 1. The second kappa shape index (κ2) is 10.5.